The Balaban J connectivity index is 3.13. The molecule has 1 rings (SSSR count). The van der Waals surface area contributed by atoms with E-state index in [1.54, 1.807) is 0 Å². The summed E-state index contributed by atoms with van der Waals surface area (Å²) in [6.07, 6.45) is 1.67. The van der Waals surface area contributed by atoms with Crippen molar-refractivity contribution in [3.8, 4) is 0 Å². The predicted octanol–water partition coefficient (Wildman–Crippen LogP) is 2.01. The minimum atomic E-state index is 0.0933. The minimum Gasteiger partial charge on any atom is -0.328 e. The molecule has 0 saturated carbocycles. The molecule has 0 saturated heterocycles. The average Bonchev–Trinajstić information content (AvgIpc) is 2.10. The van der Waals surface area contributed by atoms with Crippen LogP contribution in [0.4, 0.5) is 0 Å². The Morgan fingerprint density at radius 2 is 1.93 bits per heavy atom. The molecule has 76 valence electrons. The molecule has 14 heavy (non-hydrogen) atoms. The van der Waals surface area contributed by atoms with E-state index in [9.17, 15) is 4.79 Å². The molecule has 2 nitrogen and oxygen atoms in total. The van der Waals surface area contributed by atoms with E-state index in [-0.39, 0.29) is 6.04 Å². The van der Waals surface area contributed by atoms with Crippen molar-refractivity contribution in [2.75, 3.05) is 0 Å². The quantitative estimate of drug-likeness (QED) is 0.743. The van der Waals surface area contributed by atoms with E-state index in [0.29, 0.717) is 0 Å². The molecule has 1 unspecified atom stereocenters. The summed E-state index contributed by atoms with van der Waals surface area (Å²) in [5.41, 5.74) is 9.91. The van der Waals surface area contributed by atoms with E-state index < -0.39 is 0 Å². The molecule has 1 atom stereocenters. The molecular weight excluding hydrogens is 174 g/mol. The van der Waals surface area contributed by atoms with Crippen molar-refractivity contribution in [3.63, 3.8) is 0 Å². The van der Waals surface area contributed by atoms with Gasteiger partial charge in [-0.1, -0.05) is 6.07 Å². The zero-order valence-corrected chi connectivity index (χ0v) is 9.00. The molecule has 0 spiro atoms. The van der Waals surface area contributed by atoms with Crippen LogP contribution < -0.4 is 5.73 Å². The van der Waals surface area contributed by atoms with Gasteiger partial charge in [-0.05, 0) is 49.9 Å². The van der Waals surface area contributed by atoms with Gasteiger partial charge < -0.3 is 5.73 Å². The summed E-state index contributed by atoms with van der Waals surface area (Å²) in [5.74, 6) is 0. The normalized spacial score (nSPS) is 12.6. The van der Waals surface area contributed by atoms with E-state index in [1.807, 2.05) is 19.9 Å². The third kappa shape index (κ3) is 2.42. The van der Waals surface area contributed by atoms with Crippen LogP contribution in [0.2, 0.25) is 0 Å². The average molecular weight is 191 g/mol. The lowest BCUT2D eigenvalue weighted by Crippen LogP contribution is -2.18. The zero-order chi connectivity index (χ0) is 10.7. The number of rotatable bonds is 3. The summed E-state index contributed by atoms with van der Waals surface area (Å²) < 4.78 is 0. The molecule has 0 fully saturated rings. The summed E-state index contributed by atoms with van der Waals surface area (Å²) in [4.78, 5) is 10.8. The molecule has 0 aliphatic heterocycles. The molecule has 0 aliphatic rings. The van der Waals surface area contributed by atoms with Gasteiger partial charge in [-0.25, -0.2) is 0 Å². The molecule has 0 aliphatic carbocycles. The van der Waals surface area contributed by atoms with Crippen molar-refractivity contribution in [2.24, 2.45) is 5.73 Å². The van der Waals surface area contributed by atoms with Gasteiger partial charge in [0.25, 0.3) is 0 Å². The second-order valence-corrected chi connectivity index (χ2v) is 3.93. The lowest BCUT2D eigenvalue weighted by Gasteiger charge is -2.10. The first kappa shape index (κ1) is 10.9. The second kappa shape index (κ2) is 4.38. The van der Waals surface area contributed by atoms with Crippen molar-refractivity contribution >= 4 is 6.29 Å². The molecule has 0 amide bonds. The van der Waals surface area contributed by atoms with Crippen LogP contribution in [0.3, 0.4) is 0 Å². The summed E-state index contributed by atoms with van der Waals surface area (Å²) in [7, 11) is 0. The van der Waals surface area contributed by atoms with E-state index >= 15 is 0 Å². The number of carbonyl (C=O) groups is 1. The fourth-order valence-corrected chi connectivity index (χ4v) is 1.53. The van der Waals surface area contributed by atoms with Gasteiger partial charge in [-0.3, -0.25) is 4.79 Å². The highest BCUT2D eigenvalue weighted by Crippen LogP contribution is 2.15. The third-order valence-electron chi connectivity index (χ3n) is 2.42. The van der Waals surface area contributed by atoms with Gasteiger partial charge in [0.2, 0.25) is 0 Å². The molecule has 2 N–H and O–H groups in total. The van der Waals surface area contributed by atoms with Crippen molar-refractivity contribution in [3.05, 3.63) is 34.4 Å². The Morgan fingerprint density at radius 1 is 1.36 bits per heavy atom. The molecule has 0 radical (unpaired) electrons. The number of carbonyl (C=O) groups excluding carboxylic acids is 1. The van der Waals surface area contributed by atoms with Crippen LogP contribution in [0, 0.1) is 13.8 Å². The molecule has 2 heteroatoms. The number of aryl methyl sites for hydroxylation is 2. The van der Waals surface area contributed by atoms with Crippen molar-refractivity contribution in [2.45, 2.75) is 33.2 Å². The van der Waals surface area contributed by atoms with Gasteiger partial charge in [0.1, 0.15) is 6.29 Å². The first-order chi connectivity index (χ1) is 6.54. The first-order valence-electron chi connectivity index (χ1n) is 4.85. The SMILES string of the molecule is Cc1cc(C=O)c(CC(C)N)cc1C. The summed E-state index contributed by atoms with van der Waals surface area (Å²) in [6.45, 7) is 6.01. The van der Waals surface area contributed by atoms with Crippen molar-refractivity contribution in [1.82, 2.24) is 0 Å². The number of nitrogens with two attached hydrogens (primary N) is 1. The monoisotopic (exact) mass is 191 g/mol. The van der Waals surface area contributed by atoms with E-state index in [0.717, 1.165) is 29.4 Å². The number of benzene rings is 1. The summed E-state index contributed by atoms with van der Waals surface area (Å²) in [6, 6.07) is 4.08. The molecule has 0 heterocycles. The lowest BCUT2D eigenvalue weighted by molar-refractivity contribution is 0.112. The van der Waals surface area contributed by atoms with Crippen LogP contribution in [-0.2, 0) is 6.42 Å². The van der Waals surface area contributed by atoms with Crippen LogP contribution in [0.5, 0.6) is 0 Å². The predicted molar refractivity (Wildman–Crippen MR) is 58.7 cm³/mol. The smallest absolute Gasteiger partial charge is 0.150 e. The van der Waals surface area contributed by atoms with E-state index in [4.69, 9.17) is 5.73 Å². The van der Waals surface area contributed by atoms with Gasteiger partial charge in [0, 0.05) is 11.6 Å². The Morgan fingerprint density at radius 3 is 2.43 bits per heavy atom. The van der Waals surface area contributed by atoms with Crippen LogP contribution in [0.1, 0.15) is 34.0 Å². The molecule has 0 aromatic heterocycles. The Labute approximate surface area is 85.1 Å². The Bertz CT molecular complexity index is 342. The van der Waals surface area contributed by atoms with Gasteiger partial charge in [0.05, 0.1) is 0 Å². The summed E-state index contributed by atoms with van der Waals surface area (Å²) >= 11 is 0. The Kier molecular flexibility index (Phi) is 3.42. The van der Waals surface area contributed by atoms with Crippen LogP contribution in [-0.4, -0.2) is 12.3 Å². The molecule has 1 aromatic carbocycles. The molecule has 1 aromatic rings. The van der Waals surface area contributed by atoms with Gasteiger partial charge >= 0.3 is 0 Å². The minimum absolute atomic E-state index is 0.0933. The second-order valence-electron chi connectivity index (χ2n) is 3.93. The van der Waals surface area contributed by atoms with E-state index in [2.05, 4.69) is 13.0 Å². The highest BCUT2D eigenvalue weighted by molar-refractivity contribution is 5.78. The van der Waals surface area contributed by atoms with Crippen molar-refractivity contribution < 1.29 is 4.79 Å². The standard InChI is InChI=1S/C12H17NO/c1-8-4-11(6-10(3)13)12(7-14)5-9(8)2/h4-5,7,10H,6,13H2,1-3H3. The number of aldehydes is 1. The highest BCUT2D eigenvalue weighted by atomic mass is 16.1. The largest absolute Gasteiger partial charge is 0.328 e. The topological polar surface area (TPSA) is 43.1 Å². The van der Waals surface area contributed by atoms with Crippen LogP contribution in [0.25, 0.3) is 0 Å². The summed E-state index contributed by atoms with van der Waals surface area (Å²) in [5, 5.41) is 0. The van der Waals surface area contributed by atoms with E-state index in [1.165, 1.54) is 5.56 Å². The molecular formula is C12H17NO. The maximum Gasteiger partial charge on any atom is 0.150 e. The zero-order valence-electron chi connectivity index (χ0n) is 9.00. The fourth-order valence-electron chi connectivity index (χ4n) is 1.53. The van der Waals surface area contributed by atoms with Gasteiger partial charge in [-0.15, -0.1) is 0 Å². The molecule has 0 bridgehead atoms. The number of hydrogen-bond acceptors (Lipinski definition) is 2. The third-order valence-corrected chi connectivity index (χ3v) is 2.42. The van der Waals surface area contributed by atoms with Gasteiger partial charge in [-0.2, -0.15) is 0 Å². The fraction of sp³-hybridized carbons (Fsp3) is 0.417. The lowest BCUT2D eigenvalue weighted by atomic mass is 9.96. The number of hydrogen-bond donors (Lipinski definition) is 1. The first-order valence-corrected chi connectivity index (χ1v) is 4.85. The van der Waals surface area contributed by atoms with Crippen molar-refractivity contribution in [1.29, 1.82) is 0 Å². The highest BCUT2D eigenvalue weighted by Gasteiger charge is 2.06. The van der Waals surface area contributed by atoms with Gasteiger partial charge in [0.15, 0.2) is 0 Å². The van der Waals surface area contributed by atoms with Crippen LogP contribution >= 0.6 is 0 Å². The maximum absolute atomic E-state index is 10.8. The maximum atomic E-state index is 10.8. The van der Waals surface area contributed by atoms with Crippen LogP contribution in [0.15, 0.2) is 12.1 Å². The Hall–Kier alpha value is -1.15.